The molecule has 0 spiro atoms. The lowest BCUT2D eigenvalue weighted by molar-refractivity contribution is 0.0531. The van der Waals surface area contributed by atoms with Crippen LogP contribution in [0.2, 0.25) is 15.1 Å². The molecular formula is C13H11Cl3N2O2S. The summed E-state index contributed by atoms with van der Waals surface area (Å²) >= 11 is 19.2. The Labute approximate surface area is 141 Å². The number of hydrogen-bond acceptors (Lipinski definition) is 5. The van der Waals surface area contributed by atoms with Gasteiger partial charge >= 0.3 is 5.97 Å². The quantitative estimate of drug-likeness (QED) is 0.744. The third-order valence-electron chi connectivity index (χ3n) is 2.50. The molecule has 0 atom stereocenters. The Bertz CT molecular complexity index is 665. The van der Waals surface area contributed by atoms with Crippen LogP contribution in [0.25, 0.3) is 0 Å². The number of rotatable bonds is 4. The molecule has 0 aliphatic rings. The van der Waals surface area contributed by atoms with E-state index in [1.54, 1.807) is 26.0 Å². The molecule has 0 fully saturated rings. The lowest BCUT2D eigenvalue weighted by Crippen LogP contribution is -2.03. The van der Waals surface area contributed by atoms with Crippen molar-refractivity contribution < 1.29 is 9.53 Å². The molecule has 8 heteroatoms. The van der Waals surface area contributed by atoms with Gasteiger partial charge in [0.1, 0.15) is 4.88 Å². The fourth-order valence-corrected chi connectivity index (χ4v) is 3.38. The van der Waals surface area contributed by atoms with E-state index in [9.17, 15) is 4.79 Å². The summed E-state index contributed by atoms with van der Waals surface area (Å²) in [6, 6.07) is 3.15. The first kappa shape index (κ1) is 16.4. The second-order valence-corrected chi connectivity index (χ2v) is 6.27. The fraction of sp³-hybridized carbons (Fsp3) is 0.231. The van der Waals surface area contributed by atoms with Crippen molar-refractivity contribution in [3.63, 3.8) is 0 Å². The van der Waals surface area contributed by atoms with Gasteiger partial charge in [-0.2, -0.15) is 0 Å². The molecule has 1 N–H and O–H groups in total. The minimum Gasteiger partial charge on any atom is -0.462 e. The molecule has 0 aliphatic carbocycles. The molecule has 0 saturated carbocycles. The van der Waals surface area contributed by atoms with Gasteiger partial charge in [-0.15, -0.1) is 0 Å². The van der Waals surface area contributed by atoms with Gasteiger partial charge in [0, 0.05) is 5.02 Å². The Kier molecular flexibility index (Phi) is 5.32. The molecule has 1 heterocycles. The molecule has 4 nitrogen and oxygen atoms in total. The Balaban J connectivity index is 2.29. The average molecular weight is 366 g/mol. The van der Waals surface area contributed by atoms with Crippen LogP contribution < -0.4 is 5.32 Å². The topological polar surface area (TPSA) is 51.2 Å². The van der Waals surface area contributed by atoms with Crippen molar-refractivity contribution in [1.82, 2.24) is 4.98 Å². The summed E-state index contributed by atoms with van der Waals surface area (Å²) in [6.45, 7) is 3.80. The van der Waals surface area contributed by atoms with Gasteiger partial charge in [0.2, 0.25) is 0 Å². The first-order valence-corrected chi connectivity index (χ1v) is 7.93. The van der Waals surface area contributed by atoms with Crippen molar-refractivity contribution >= 4 is 62.9 Å². The monoisotopic (exact) mass is 364 g/mol. The number of carbonyl (C=O) groups excluding carboxylic acids is 1. The van der Waals surface area contributed by atoms with Crippen LogP contribution in [0.15, 0.2) is 12.1 Å². The lowest BCUT2D eigenvalue weighted by atomic mass is 10.3. The minimum absolute atomic E-state index is 0.313. The number of ether oxygens (including phenoxy) is 1. The average Bonchev–Trinajstić information content (AvgIpc) is 2.75. The van der Waals surface area contributed by atoms with E-state index in [4.69, 9.17) is 39.5 Å². The molecule has 2 rings (SSSR count). The van der Waals surface area contributed by atoms with Gasteiger partial charge in [-0.05, 0) is 26.0 Å². The van der Waals surface area contributed by atoms with E-state index in [1.807, 2.05) is 0 Å². The molecule has 0 unspecified atom stereocenters. The smallest absolute Gasteiger partial charge is 0.350 e. The fourth-order valence-electron chi connectivity index (χ4n) is 1.60. The standard InChI is InChI=1S/C13H11Cl3N2O2S/c1-3-20-12(19)11-6(2)17-13(21-11)18-10-8(15)4-7(14)5-9(10)16/h4-5H,3H2,1-2H3,(H,17,18). The molecule has 0 amide bonds. The molecule has 0 bridgehead atoms. The second kappa shape index (κ2) is 6.83. The Morgan fingerprint density at radius 2 is 1.95 bits per heavy atom. The molecule has 21 heavy (non-hydrogen) atoms. The van der Waals surface area contributed by atoms with Crippen LogP contribution in [-0.2, 0) is 4.74 Å². The van der Waals surface area contributed by atoms with Crippen LogP contribution in [0.5, 0.6) is 0 Å². The maximum absolute atomic E-state index is 11.8. The maximum atomic E-state index is 11.8. The number of anilines is 2. The number of halogens is 3. The summed E-state index contributed by atoms with van der Waals surface area (Å²) in [5.74, 6) is -0.395. The van der Waals surface area contributed by atoms with E-state index in [-0.39, 0.29) is 0 Å². The number of carbonyl (C=O) groups is 1. The summed E-state index contributed by atoms with van der Waals surface area (Å²) in [5.41, 5.74) is 1.08. The number of esters is 1. The van der Waals surface area contributed by atoms with Crippen molar-refractivity contribution in [1.29, 1.82) is 0 Å². The molecular weight excluding hydrogens is 355 g/mol. The largest absolute Gasteiger partial charge is 0.462 e. The van der Waals surface area contributed by atoms with Gasteiger partial charge in [-0.3, -0.25) is 0 Å². The predicted molar refractivity (Wildman–Crippen MR) is 87.6 cm³/mol. The van der Waals surface area contributed by atoms with Crippen molar-refractivity contribution in [2.45, 2.75) is 13.8 Å². The molecule has 112 valence electrons. The minimum atomic E-state index is -0.395. The van der Waals surface area contributed by atoms with Crippen LogP contribution in [0, 0.1) is 6.92 Å². The van der Waals surface area contributed by atoms with Crippen LogP contribution in [0.3, 0.4) is 0 Å². The number of nitrogens with one attached hydrogen (secondary N) is 1. The van der Waals surface area contributed by atoms with E-state index >= 15 is 0 Å². The van der Waals surface area contributed by atoms with Gasteiger partial charge in [0.25, 0.3) is 0 Å². The number of benzene rings is 1. The van der Waals surface area contributed by atoms with E-state index in [2.05, 4.69) is 10.3 Å². The van der Waals surface area contributed by atoms with Gasteiger partial charge in [-0.25, -0.2) is 9.78 Å². The summed E-state index contributed by atoms with van der Waals surface area (Å²) in [7, 11) is 0. The van der Waals surface area contributed by atoms with Crippen molar-refractivity contribution in [2.24, 2.45) is 0 Å². The van der Waals surface area contributed by atoms with E-state index in [1.165, 1.54) is 11.3 Å². The maximum Gasteiger partial charge on any atom is 0.350 e. The van der Waals surface area contributed by atoms with Crippen molar-refractivity contribution in [3.05, 3.63) is 37.8 Å². The van der Waals surface area contributed by atoms with Gasteiger partial charge in [-0.1, -0.05) is 46.1 Å². The zero-order valence-corrected chi connectivity index (χ0v) is 14.3. The normalized spacial score (nSPS) is 10.5. The van der Waals surface area contributed by atoms with Crippen LogP contribution >= 0.6 is 46.1 Å². The van der Waals surface area contributed by atoms with Crippen LogP contribution in [-0.4, -0.2) is 17.6 Å². The Morgan fingerprint density at radius 3 is 2.52 bits per heavy atom. The zero-order valence-electron chi connectivity index (χ0n) is 11.2. The van der Waals surface area contributed by atoms with E-state index < -0.39 is 5.97 Å². The lowest BCUT2D eigenvalue weighted by Gasteiger charge is -2.08. The van der Waals surface area contributed by atoms with E-state index in [0.717, 1.165) is 0 Å². The SMILES string of the molecule is CCOC(=O)c1sc(Nc2c(Cl)cc(Cl)cc2Cl)nc1C. The summed E-state index contributed by atoms with van der Waals surface area (Å²) in [5, 5.41) is 4.69. The summed E-state index contributed by atoms with van der Waals surface area (Å²) < 4.78 is 4.97. The molecule has 0 radical (unpaired) electrons. The Morgan fingerprint density at radius 1 is 1.33 bits per heavy atom. The molecule has 1 aromatic carbocycles. The van der Waals surface area contributed by atoms with Gasteiger partial charge in [0.05, 0.1) is 28.0 Å². The van der Waals surface area contributed by atoms with Crippen LogP contribution in [0.1, 0.15) is 22.3 Å². The molecule has 0 aliphatic heterocycles. The molecule has 1 aromatic heterocycles. The number of aryl methyl sites for hydroxylation is 1. The predicted octanol–water partition coefficient (Wildman–Crippen LogP) is 5.33. The number of nitrogens with zero attached hydrogens (tertiary/aromatic N) is 1. The highest BCUT2D eigenvalue weighted by atomic mass is 35.5. The summed E-state index contributed by atoms with van der Waals surface area (Å²) in [6.07, 6.45) is 0. The first-order valence-electron chi connectivity index (χ1n) is 5.98. The number of thiazole rings is 1. The van der Waals surface area contributed by atoms with Gasteiger partial charge in [0.15, 0.2) is 5.13 Å². The zero-order chi connectivity index (χ0) is 15.6. The number of hydrogen-bond donors (Lipinski definition) is 1. The van der Waals surface area contributed by atoms with Crippen LogP contribution in [0.4, 0.5) is 10.8 Å². The van der Waals surface area contributed by atoms with E-state index in [0.29, 0.717) is 43.1 Å². The second-order valence-electron chi connectivity index (χ2n) is 4.02. The first-order chi connectivity index (χ1) is 9.92. The third-order valence-corrected chi connectivity index (χ3v) is 4.36. The highest BCUT2D eigenvalue weighted by Gasteiger charge is 2.17. The highest BCUT2D eigenvalue weighted by Crippen LogP contribution is 2.37. The number of aromatic nitrogens is 1. The third kappa shape index (κ3) is 3.80. The molecule has 2 aromatic rings. The molecule has 0 saturated heterocycles. The Hall–Kier alpha value is -1.01. The van der Waals surface area contributed by atoms with Crippen molar-refractivity contribution in [2.75, 3.05) is 11.9 Å². The highest BCUT2D eigenvalue weighted by molar-refractivity contribution is 7.17. The van der Waals surface area contributed by atoms with Crippen molar-refractivity contribution in [3.8, 4) is 0 Å². The van der Waals surface area contributed by atoms with Gasteiger partial charge < -0.3 is 10.1 Å². The summed E-state index contributed by atoms with van der Waals surface area (Å²) in [4.78, 5) is 16.5.